The molecular formula is C21H27N2O3S+. The van der Waals surface area contributed by atoms with Gasteiger partial charge in [-0.15, -0.1) is 0 Å². The third-order valence-corrected chi connectivity index (χ3v) is 6.82. The molecule has 0 bridgehead atoms. The Hall–Kier alpha value is -2.18. The first-order valence-corrected chi connectivity index (χ1v) is 11.0. The molecule has 27 heavy (non-hydrogen) atoms. The van der Waals surface area contributed by atoms with E-state index in [1.54, 1.807) is 29.2 Å². The third-order valence-electron chi connectivity index (χ3n) is 5.08. The van der Waals surface area contributed by atoms with E-state index in [-0.39, 0.29) is 23.0 Å². The lowest BCUT2D eigenvalue weighted by atomic mass is 10.2. The highest BCUT2D eigenvalue weighted by molar-refractivity contribution is 7.91. The zero-order chi connectivity index (χ0) is 19.3. The van der Waals surface area contributed by atoms with E-state index in [0.717, 1.165) is 25.2 Å². The van der Waals surface area contributed by atoms with Gasteiger partial charge < -0.3 is 9.80 Å². The molecule has 1 aliphatic rings. The molecule has 0 radical (unpaired) electrons. The first-order chi connectivity index (χ1) is 12.9. The molecule has 6 heteroatoms. The summed E-state index contributed by atoms with van der Waals surface area (Å²) in [6, 6.07) is 17.1. The Bertz CT molecular complexity index is 856. The predicted molar refractivity (Wildman–Crippen MR) is 105 cm³/mol. The van der Waals surface area contributed by atoms with Crippen molar-refractivity contribution in [3.63, 3.8) is 0 Å². The average Bonchev–Trinajstić information content (AvgIpc) is 2.68. The van der Waals surface area contributed by atoms with Gasteiger partial charge in [-0.1, -0.05) is 48.0 Å². The minimum atomic E-state index is -3.41. The number of quaternary nitrogens is 1. The smallest absolute Gasteiger partial charge is 0.224 e. The molecule has 144 valence electrons. The van der Waals surface area contributed by atoms with Crippen molar-refractivity contribution in [2.45, 2.75) is 24.8 Å². The zero-order valence-electron chi connectivity index (χ0n) is 15.7. The van der Waals surface area contributed by atoms with Crippen molar-refractivity contribution in [1.82, 2.24) is 4.90 Å². The van der Waals surface area contributed by atoms with Gasteiger partial charge in [-0.2, -0.15) is 0 Å². The molecule has 0 spiro atoms. The van der Waals surface area contributed by atoms with Crippen LogP contribution in [-0.2, 0) is 21.2 Å². The number of piperazine rings is 1. The molecule has 2 aromatic rings. The van der Waals surface area contributed by atoms with E-state index in [1.165, 1.54) is 10.5 Å². The molecule has 0 aliphatic carbocycles. The summed E-state index contributed by atoms with van der Waals surface area (Å²) in [5.74, 6) is -0.198. The number of carbonyl (C=O) groups is 1. The van der Waals surface area contributed by atoms with Gasteiger partial charge in [0.15, 0.2) is 9.84 Å². The summed E-state index contributed by atoms with van der Waals surface area (Å²) in [6.07, 6.45) is 0.0459. The monoisotopic (exact) mass is 387 g/mol. The summed E-state index contributed by atoms with van der Waals surface area (Å²) in [5, 5.41) is 0. The summed E-state index contributed by atoms with van der Waals surface area (Å²) in [5.41, 5.74) is 2.32. The molecule has 0 aromatic heterocycles. The predicted octanol–water partition coefficient (Wildman–Crippen LogP) is 1.09. The van der Waals surface area contributed by atoms with Crippen LogP contribution in [0.5, 0.6) is 0 Å². The molecule has 2 aromatic carbocycles. The lowest BCUT2D eigenvalue weighted by Crippen LogP contribution is -3.13. The van der Waals surface area contributed by atoms with E-state index in [4.69, 9.17) is 0 Å². The van der Waals surface area contributed by atoms with Gasteiger partial charge in [0.25, 0.3) is 0 Å². The number of nitrogens with zero attached hydrogens (tertiary/aromatic N) is 1. The summed E-state index contributed by atoms with van der Waals surface area (Å²) >= 11 is 0. The van der Waals surface area contributed by atoms with Crippen molar-refractivity contribution in [3.05, 3.63) is 65.7 Å². The van der Waals surface area contributed by atoms with Crippen LogP contribution in [0.1, 0.15) is 17.5 Å². The van der Waals surface area contributed by atoms with Crippen LogP contribution in [0.15, 0.2) is 59.5 Å². The molecule has 1 amide bonds. The number of sulfone groups is 1. The van der Waals surface area contributed by atoms with Crippen LogP contribution in [-0.4, -0.2) is 51.2 Å². The standard InChI is InChI=1S/C21H26N2O3S/c1-18-7-9-20(10-8-18)27(25,26)16-11-21(24)23-14-12-22(13-15-23)17-19-5-3-2-4-6-19/h2-10H,11-17H2,1H3/p+1. The fraction of sp³-hybridized carbons (Fsp3) is 0.381. The number of benzene rings is 2. The quantitative estimate of drug-likeness (QED) is 0.807. The highest BCUT2D eigenvalue weighted by Crippen LogP contribution is 2.13. The Morgan fingerprint density at radius 2 is 1.63 bits per heavy atom. The highest BCUT2D eigenvalue weighted by Gasteiger charge is 2.25. The van der Waals surface area contributed by atoms with Gasteiger partial charge in [-0.3, -0.25) is 4.79 Å². The first kappa shape index (κ1) is 19.6. The van der Waals surface area contributed by atoms with Crippen molar-refractivity contribution < 1.29 is 18.1 Å². The van der Waals surface area contributed by atoms with Crippen molar-refractivity contribution in [3.8, 4) is 0 Å². The third kappa shape index (κ3) is 5.40. The number of rotatable bonds is 6. The number of aryl methyl sites for hydroxylation is 1. The average molecular weight is 388 g/mol. The number of nitrogens with one attached hydrogen (secondary N) is 1. The maximum Gasteiger partial charge on any atom is 0.224 e. The van der Waals surface area contributed by atoms with Crippen molar-refractivity contribution >= 4 is 15.7 Å². The Balaban J connectivity index is 1.47. The van der Waals surface area contributed by atoms with E-state index in [1.807, 2.05) is 25.1 Å². The highest BCUT2D eigenvalue weighted by atomic mass is 32.2. The van der Waals surface area contributed by atoms with E-state index in [0.29, 0.717) is 13.1 Å². The fourth-order valence-corrected chi connectivity index (χ4v) is 4.61. The van der Waals surface area contributed by atoms with Gasteiger partial charge in [0.2, 0.25) is 5.91 Å². The van der Waals surface area contributed by atoms with E-state index >= 15 is 0 Å². The number of carbonyl (C=O) groups excluding carboxylic acids is 1. The molecule has 1 heterocycles. The Morgan fingerprint density at radius 3 is 2.26 bits per heavy atom. The SMILES string of the molecule is Cc1ccc(S(=O)(=O)CCC(=O)N2CC[NH+](Cc3ccccc3)CC2)cc1. The lowest BCUT2D eigenvalue weighted by molar-refractivity contribution is -0.917. The number of amides is 1. The first-order valence-electron chi connectivity index (χ1n) is 9.39. The Morgan fingerprint density at radius 1 is 1.00 bits per heavy atom. The summed E-state index contributed by atoms with van der Waals surface area (Å²) in [4.78, 5) is 16.0. The largest absolute Gasteiger partial charge is 0.331 e. The number of hydrogen-bond donors (Lipinski definition) is 1. The summed E-state index contributed by atoms with van der Waals surface area (Å²) in [6.45, 7) is 6.04. The van der Waals surface area contributed by atoms with Gasteiger partial charge in [0.05, 0.1) is 36.8 Å². The molecule has 1 fully saturated rings. The molecule has 1 saturated heterocycles. The molecule has 5 nitrogen and oxygen atoms in total. The van der Waals surface area contributed by atoms with Gasteiger partial charge in [-0.25, -0.2) is 8.42 Å². The normalized spacial score (nSPS) is 15.7. The molecule has 0 saturated carbocycles. The van der Waals surface area contributed by atoms with Gasteiger partial charge in [-0.05, 0) is 19.1 Å². The van der Waals surface area contributed by atoms with Crippen molar-refractivity contribution in [2.24, 2.45) is 0 Å². The van der Waals surface area contributed by atoms with Crippen LogP contribution >= 0.6 is 0 Å². The van der Waals surface area contributed by atoms with Gasteiger partial charge in [0.1, 0.15) is 6.54 Å². The summed E-state index contributed by atoms with van der Waals surface area (Å²) < 4.78 is 24.8. The van der Waals surface area contributed by atoms with Gasteiger partial charge in [0, 0.05) is 12.0 Å². The lowest BCUT2D eigenvalue weighted by Gasteiger charge is -2.32. The van der Waals surface area contributed by atoms with Gasteiger partial charge >= 0.3 is 0 Å². The minimum absolute atomic E-state index is 0.0459. The second kappa shape index (κ2) is 8.67. The molecule has 1 N–H and O–H groups in total. The summed E-state index contributed by atoms with van der Waals surface area (Å²) in [7, 11) is -3.41. The van der Waals surface area contributed by atoms with Crippen LogP contribution in [0.2, 0.25) is 0 Å². The Labute approximate surface area is 161 Å². The van der Waals surface area contributed by atoms with Crippen molar-refractivity contribution in [1.29, 1.82) is 0 Å². The Kier molecular flexibility index (Phi) is 6.29. The van der Waals surface area contributed by atoms with Crippen LogP contribution in [0.4, 0.5) is 0 Å². The number of hydrogen-bond acceptors (Lipinski definition) is 3. The van der Waals surface area contributed by atoms with Crippen molar-refractivity contribution in [2.75, 3.05) is 31.9 Å². The minimum Gasteiger partial charge on any atom is -0.331 e. The van der Waals surface area contributed by atoms with Crippen LogP contribution in [0, 0.1) is 6.92 Å². The van der Waals surface area contributed by atoms with Crippen LogP contribution in [0.3, 0.4) is 0 Å². The van der Waals surface area contributed by atoms with Crippen LogP contribution < -0.4 is 4.90 Å². The van der Waals surface area contributed by atoms with Crippen LogP contribution in [0.25, 0.3) is 0 Å². The molecular weight excluding hydrogens is 360 g/mol. The topological polar surface area (TPSA) is 58.9 Å². The molecule has 0 unspecified atom stereocenters. The molecule has 3 rings (SSSR count). The molecule has 1 aliphatic heterocycles. The molecule has 0 atom stereocenters. The zero-order valence-corrected chi connectivity index (χ0v) is 16.5. The van der Waals surface area contributed by atoms with E-state index < -0.39 is 9.84 Å². The van der Waals surface area contributed by atoms with E-state index in [2.05, 4.69) is 12.1 Å². The maximum absolute atomic E-state index is 12.4. The maximum atomic E-state index is 12.4. The fourth-order valence-electron chi connectivity index (χ4n) is 3.38. The second-order valence-electron chi connectivity index (χ2n) is 7.18. The van der Waals surface area contributed by atoms with E-state index in [9.17, 15) is 13.2 Å². The second-order valence-corrected chi connectivity index (χ2v) is 9.28.